The van der Waals surface area contributed by atoms with Gasteiger partial charge in [0.15, 0.2) is 11.5 Å². The van der Waals surface area contributed by atoms with E-state index in [4.69, 9.17) is 19.9 Å². The first-order chi connectivity index (χ1) is 8.78. The number of fused-ring (bicyclic) bond motifs is 2. The maximum atomic E-state index is 5.94. The largest absolute Gasteiger partial charge is 0.486 e. The maximum Gasteiger partial charge on any atom is 0.163 e. The van der Waals surface area contributed by atoms with Crippen LogP contribution in [0.4, 0.5) is 0 Å². The molecule has 1 atom stereocenters. The highest BCUT2D eigenvalue weighted by Gasteiger charge is 2.16. The standard InChI is InChI=1S/C12H15N3O3/c1-16-6-7(13)12-14-8-4-10-11(5-9(8)15-12)18-3-2-17-10/h4-5,7H,2-3,6,13H2,1H3,(H,14,15). The monoisotopic (exact) mass is 249 g/mol. The number of aromatic nitrogens is 2. The Hall–Kier alpha value is -1.79. The number of nitrogens with two attached hydrogens (primary N) is 1. The molecular weight excluding hydrogens is 234 g/mol. The Kier molecular flexibility index (Phi) is 2.81. The normalized spacial score (nSPS) is 15.9. The van der Waals surface area contributed by atoms with Crippen LogP contribution in [0, 0.1) is 0 Å². The maximum absolute atomic E-state index is 5.94. The third-order valence-electron chi connectivity index (χ3n) is 2.86. The predicted molar refractivity (Wildman–Crippen MR) is 65.9 cm³/mol. The lowest BCUT2D eigenvalue weighted by atomic mass is 10.2. The van der Waals surface area contributed by atoms with Crippen molar-refractivity contribution in [1.82, 2.24) is 9.97 Å². The Morgan fingerprint density at radius 3 is 2.83 bits per heavy atom. The molecule has 0 spiro atoms. The first kappa shape index (κ1) is 11.3. The zero-order chi connectivity index (χ0) is 12.5. The zero-order valence-corrected chi connectivity index (χ0v) is 10.1. The molecule has 0 radical (unpaired) electrons. The summed E-state index contributed by atoms with van der Waals surface area (Å²) < 4.78 is 16.1. The van der Waals surface area contributed by atoms with Gasteiger partial charge in [0.1, 0.15) is 19.0 Å². The smallest absolute Gasteiger partial charge is 0.163 e. The van der Waals surface area contributed by atoms with E-state index < -0.39 is 0 Å². The van der Waals surface area contributed by atoms with Gasteiger partial charge in [-0.15, -0.1) is 0 Å². The van der Waals surface area contributed by atoms with Crippen LogP contribution >= 0.6 is 0 Å². The molecule has 1 aromatic carbocycles. The van der Waals surface area contributed by atoms with E-state index >= 15 is 0 Å². The number of ether oxygens (including phenoxy) is 3. The van der Waals surface area contributed by atoms with Crippen molar-refractivity contribution in [3.8, 4) is 11.5 Å². The van der Waals surface area contributed by atoms with Crippen molar-refractivity contribution < 1.29 is 14.2 Å². The SMILES string of the molecule is COCC(N)c1nc2cc3c(cc2[nH]1)OCCO3. The van der Waals surface area contributed by atoms with Crippen LogP contribution in [0.2, 0.25) is 0 Å². The minimum atomic E-state index is -0.263. The third kappa shape index (κ3) is 1.89. The number of hydrogen-bond acceptors (Lipinski definition) is 5. The second kappa shape index (κ2) is 4.47. The minimum Gasteiger partial charge on any atom is -0.486 e. The van der Waals surface area contributed by atoms with Gasteiger partial charge in [-0.3, -0.25) is 0 Å². The van der Waals surface area contributed by atoms with E-state index in [1.165, 1.54) is 0 Å². The molecule has 0 bridgehead atoms. The molecule has 0 amide bonds. The molecule has 3 rings (SSSR count). The summed E-state index contributed by atoms with van der Waals surface area (Å²) in [7, 11) is 1.61. The first-order valence-corrected chi connectivity index (χ1v) is 5.81. The van der Waals surface area contributed by atoms with Crippen molar-refractivity contribution in [2.45, 2.75) is 6.04 Å². The zero-order valence-electron chi connectivity index (χ0n) is 10.1. The van der Waals surface area contributed by atoms with Crippen molar-refractivity contribution in [1.29, 1.82) is 0 Å². The molecular formula is C12H15N3O3. The number of nitrogens with zero attached hydrogens (tertiary/aromatic N) is 1. The highest BCUT2D eigenvalue weighted by Crippen LogP contribution is 2.33. The Morgan fingerprint density at radius 2 is 2.11 bits per heavy atom. The summed E-state index contributed by atoms with van der Waals surface area (Å²) >= 11 is 0. The van der Waals surface area contributed by atoms with Crippen LogP contribution < -0.4 is 15.2 Å². The molecule has 1 aromatic heterocycles. The number of hydrogen-bond donors (Lipinski definition) is 2. The lowest BCUT2D eigenvalue weighted by Gasteiger charge is -2.17. The van der Waals surface area contributed by atoms with E-state index in [9.17, 15) is 0 Å². The van der Waals surface area contributed by atoms with E-state index in [2.05, 4.69) is 9.97 Å². The van der Waals surface area contributed by atoms with E-state index in [-0.39, 0.29) is 6.04 Å². The number of nitrogens with one attached hydrogen (secondary N) is 1. The molecule has 3 N–H and O–H groups in total. The third-order valence-corrected chi connectivity index (χ3v) is 2.86. The molecule has 6 nitrogen and oxygen atoms in total. The lowest BCUT2D eigenvalue weighted by molar-refractivity contribution is 0.172. The quantitative estimate of drug-likeness (QED) is 0.847. The Labute approximate surface area is 104 Å². The van der Waals surface area contributed by atoms with Gasteiger partial charge in [-0.05, 0) is 0 Å². The Bertz CT molecular complexity index is 524. The van der Waals surface area contributed by atoms with Gasteiger partial charge < -0.3 is 24.9 Å². The molecule has 1 aliphatic heterocycles. The predicted octanol–water partition coefficient (Wildman–Crippen LogP) is 0.980. The molecule has 1 aliphatic rings. The first-order valence-electron chi connectivity index (χ1n) is 5.81. The number of aromatic amines is 1. The second-order valence-electron chi connectivity index (χ2n) is 4.20. The van der Waals surface area contributed by atoms with Crippen LogP contribution in [0.25, 0.3) is 11.0 Å². The van der Waals surface area contributed by atoms with E-state index in [0.717, 1.165) is 22.5 Å². The van der Waals surface area contributed by atoms with Gasteiger partial charge in [0.2, 0.25) is 0 Å². The van der Waals surface area contributed by atoms with Crippen molar-refractivity contribution in [3.05, 3.63) is 18.0 Å². The molecule has 0 aliphatic carbocycles. The van der Waals surface area contributed by atoms with Gasteiger partial charge in [-0.2, -0.15) is 0 Å². The summed E-state index contributed by atoms with van der Waals surface area (Å²) in [5.41, 5.74) is 7.65. The summed E-state index contributed by atoms with van der Waals surface area (Å²) in [6.45, 7) is 1.56. The highest BCUT2D eigenvalue weighted by molar-refractivity contribution is 5.80. The summed E-state index contributed by atoms with van der Waals surface area (Å²) in [6.07, 6.45) is 0. The summed E-state index contributed by atoms with van der Waals surface area (Å²) in [5, 5.41) is 0. The fourth-order valence-electron chi connectivity index (χ4n) is 2.00. The van der Waals surface area contributed by atoms with Gasteiger partial charge in [0, 0.05) is 19.2 Å². The fraction of sp³-hybridized carbons (Fsp3) is 0.417. The van der Waals surface area contributed by atoms with Gasteiger partial charge in [-0.1, -0.05) is 0 Å². The number of imidazole rings is 1. The van der Waals surface area contributed by atoms with Gasteiger partial charge >= 0.3 is 0 Å². The average Bonchev–Trinajstić information content (AvgIpc) is 2.79. The molecule has 18 heavy (non-hydrogen) atoms. The number of H-pyrrole nitrogens is 1. The summed E-state index contributed by atoms with van der Waals surface area (Å²) in [6, 6.07) is 3.49. The molecule has 0 saturated carbocycles. The van der Waals surface area contributed by atoms with Gasteiger partial charge in [-0.25, -0.2) is 4.98 Å². The van der Waals surface area contributed by atoms with Gasteiger partial charge in [0.25, 0.3) is 0 Å². The number of methoxy groups -OCH3 is 1. The van der Waals surface area contributed by atoms with Crippen LogP contribution in [0.3, 0.4) is 0 Å². The van der Waals surface area contributed by atoms with Crippen molar-refractivity contribution >= 4 is 11.0 Å². The van der Waals surface area contributed by atoms with Gasteiger partial charge in [0.05, 0.1) is 23.7 Å². The van der Waals surface area contributed by atoms with Crippen LogP contribution in [-0.4, -0.2) is 36.9 Å². The van der Waals surface area contributed by atoms with Crippen molar-refractivity contribution in [2.24, 2.45) is 5.73 Å². The number of rotatable bonds is 3. The second-order valence-corrected chi connectivity index (χ2v) is 4.20. The minimum absolute atomic E-state index is 0.263. The van der Waals surface area contributed by atoms with E-state index in [1.807, 2.05) is 12.1 Å². The van der Waals surface area contributed by atoms with E-state index in [0.29, 0.717) is 25.6 Å². The molecule has 0 saturated heterocycles. The van der Waals surface area contributed by atoms with E-state index in [1.54, 1.807) is 7.11 Å². The summed E-state index contributed by atoms with van der Waals surface area (Å²) in [4.78, 5) is 7.62. The molecule has 0 fully saturated rings. The molecule has 2 aromatic rings. The highest BCUT2D eigenvalue weighted by atomic mass is 16.6. The summed E-state index contributed by atoms with van der Waals surface area (Å²) in [5.74, 6) is 2.17. The van der Waals surface area contributed by atoms with Crippen LogP contribution in [-0.2, 0) is 4.74 Å². The van der Waals surface area contributed by atoms with Crippen LogP contribution in [0.15, 0.2) is 12.1 Å². The average molecular weight is 249 g/mol. The topological polar surface area (TPSA) is 82.4 Å². The lowest BCUT2D eigenvalue weighted by Crippen LogP contribution is -2.17. The molecule has 96 valence electrons. The van der Waals surface area contributed by atoms with Crippen LogP contribution in [0.5, 0.6) is 11.5 Å². The Morgan fingerprint density at radius 1 is 1.39 bits per heavy atom. The molecule has 6 heteroatoms. The number of benzene rings is 1. The van der Waals surface area contributed by atoms with Crippen molar-refractivity contribution in [2.75, 3.05) is 26.9 Å². The Balaban J connectivity index is 2.01. The van der Waals surface area contributed by atoms with Crippen LogP contribution in [0.1, 0.15) is 11.9 Å². The molecule has 1 unspecified atom stereocenters. The van der Waals surface area contributed by atoms with Crippen molar-refractivity contribution in [3.63, 3.8) is 0 Å². The molecule has 2 heterocycles. The fourth-order valence-corrected chi connectivity index (χ4v) is 2.00.